The van der Waals surface area contributed by atoms with Gasteiger partial charge in [0.1, 0.15) is 24.4 Å². The maximum absolute atomic E-state index is 13.0. The molecule has 12 atom stereocenters. The van der Waals surface area contributed by atoms with Gasteiger partial charge in [0.2, 0.25) is 35.4 Å². The van der Waals surface area contributed by atoms with Gasteiger partial charge in [-0.1, -0.05) is 50.2 Å². The molecule has 0 aliphatic carbocycles. The molecule has 2 N–H and O–H groups in total. The number of fused-ring (bicyclic) bond motifs is 10. The summed E-state index contributed by atoms with van der Waals surface area (Å²) in [6.45, 7) is 3.72. The fourth-order valence-electron chi connectivity index (χ4n) is 9.06. The minimum atomic E-state index is -0.648. The summed E-state index contributed by atoms with van der Waals surface area (Å²) in [6, 6.07) is 17.6. The summed E-state index contributed by atoms with van der Waals surface area (Å²) in [5.74, 6) is -5.46. The SMILES string of the molecule is CNC(=O)CCC(=O)OC1C(C)C2OC1C1C(=O)N(c3ccccc3)C(=O)C21.CNC(=O)CCC(=O)OC1C(C)C2OC1C1C(=O)N(c3ccccc3)C(=O)C21. The number of carbonyl (C=O) groups excluding carboxylic acids is 8. The van der Waals surface area contributed by atoms with Crippen LogP contribution in [0.5, 0.6) is 0 Å². The molecule has 12 unspecified atom stereocenters. The summed E-state index contributed by atoms with van der Waals surface area (Å²) >= 11 is 0. The second kappa shape index (κ2) is 15.6. The highest BCUT2D eigenvalue weighted by molar-refractivity contribution is 6.23. The standard InChI is InChI=1S/2C20H22N2O6/c2*1-10-16-14-15(20(26)22(19(14)25)11-6-4-3-5-7-11)18(28-16)17(10)27-13(24)9-8-12(23)21-2/h2*3-7,10,14-18H,8-9H2,1-2H3,(H,21,23). The van der Waals surface area contributed by atoms with Gasteiger partial charge in [0.25, 0.3) is 0 Å². The zero-order valence-electron chi connectivity index (χ0n) is 31.3. The molecule has 0 radical (unpaired) electrons. The Morgan fingerprint density at radius 1 is 0.536 bits per heavy atom. The third kappa shape index (κ3) is 6.63. The lowest BCUT2D eigenvalue weighted by molar-refractivity contribution is -0.157. The first-order valence-electron chi connectivity index (χ1n) is 18.8. The van der Waals surface area contributed by atoms with E-state index in [1.807, 2.05) is 26.0 Å². The molecule has 296 valence electrons. The van der Waals surface area contributed by atoms with Crippen LogP contribution >= 0.6 is 0 Å². The van der Waals surface area contributed by atoms with Crippen molar-refractivity contribution in [3.8, 4) is 0 Å². The van der Waals surface area contributed by atoms with Crippen LogP contribution in [0.4, 0.5) is 11.4 Å². The number of esters is 2. The minimum Gasteiger partial charge on any atom is -0.459 e. The van der Waals surface area contributed by atoms with E-state index in [-0.39, 0.29) is 73.0 Å². The second-order valence-electron chi connectivity index (χ2n) is 14.9. The lowest BCUT2D eigenvalue weighted by Crippen LogP contribution is -2.45. The van der Waals surface area contributed by atoms with Crippen LogP contribution in [0.15, 0.2) is 60.7 Å². The molecule has 2 aromatic rings. The van der Waals surface area contributed by atoms with Gasteiger partial charge >= 0.3 is 11.9 Å². The normalized spacial score (nSPS) is 33.1. The number of para-hydroxylation sites is 2. The fourth-order valence-corrected chi connectivity index (χ4v) is 9.06. The Balaban J connectivity index is 0.000000172. The quantitative estimate of drug-likeness (QED) is 0.259. The molecular weight excluding hydrogens is 728 g/mol. The van der Waals surface area contributed by atoms with Crippen molar-refractivity contribution >= 4 is 58.8 Å². The molecule has 16 heteroatoms. The molecule has 0 saturated carbocycles. The van der Waals surface area contributed by atoms with Crippen LogP contribution in [-0.4, -0.2) is 98.1 Å². The van der Waals surface area contributed by atoms with E-state index in [9.17, 15) is 38.4 Å². The van der Waals surface area contributed by atoms with E-state index in [4.69, 9.17) is 18.9 Å². The molecule has 6 amide bonds. The Morgan fingerprint density at radius 3 is 1.18 bits per heavy atom. The number of ether oxygens (including phenoxy) is 4. The first-order chi connectivity index (χ1) is 26.9. The van der Waals surface area contributed by atoms with Crippen molar-refractivity contribution in [1.29, 1.82) is 0 Å². The van der Waals surface area contributed by atoms with Crippen molar-refractivity contribution in [2.24, 2.45) is 35.5 Å². The van der Waals surface area contributed by atoms with Crippen molar-refractivity contribution in [2.75, 3.05) is 23.9 Å². The Labute approximate surface area is 322 Å². The van der Waals surface area contributed by atoms with E-state index in [0.717, 1.165) is 0 Å². The zero-order valence-corrected chi connectivity index (χ0v) is 31.3. The number of carbonyl (C=O) groups is 8. The van der Waals surface area contributed by atoms with Crippen LogP contribution in [0.1, 0.15) is 39.5 Å². The Bertz CT molecular complexity index is 1790. The Hall–Kier alpha value is -5.48. The van der Waals surface area contributed by atoms with Crippen molar-refractivity contribution < 1.29 is 57.3 Å². The summed E-state index contributed by atoms with van der Waals surface area (Å²) in [6.07, 6.45) is -3.42. The molecule has 0 spiro atoms. The van der Waals surface area contributed by atoms with E-state index < -0.39 is 72.2 Å². The zero-order chi connectivity index (χ0) is 40.0. The molecule has 16 nitrogen and oxygen atoms in total. The van der Waals surface area contributed by atoms with Crippen LogP contribution in [0.2, 0.25) is 0 Å². The average molecular weight is 773 g/mol. The number of nitrogens with zero attached hydrogens (tertiary/aromatic N) is 2. The third-order valence-electron chi connectivity index (χ3n) is 11.8. The predicted molar refractivity (Wildman–Crippen MR) is 194 cm³/mol. The van der Waals surface area contributed by atoms with E-state index in [1.54, 1.807) is 48.5 Å². The number of rotatable bonds is 10. The number of imide groups is 2. The van der Waals surface area contributed by atoms with Crippen molar-refractivity contribution in [1.82, 2.24) is 10.6 Å². The lowest BCUT2D eigenvalue weighted by atomic mass is 9.74. The molecule has 6 fully saturated rings. The molecule has 4 bridgehead atoms. The molecule has 2 aromatic carbocycles. The predicted octanol–water partition coefficient (Wildman–Crippen LogP) is 1.29. The van der Waals surface area contributed by atoms with Crippen LogP contribution in [0, 0.1) is 35.5 Å². The van der Waals surface area contributed by atoms with Gasteiger partial charge in [0.05, 0.1) is 60.1 Å². The van der Waals surface area contributed by atoms with Gasteiger partial charge in [-0.15, -0.1) is 0 Å². The first kappa shape index (κ1) is 38.8. The molecule has 8 rings (SSSR count). The molecular formula is C40H44N4O12. The molecule has 0 aromatic heterocycles. The number of anilines is 2. The second-order valence-corrected chi connectivity index (χ2v) is 14.9. The maximum atomic E-state index is 13.0. The van der Waals surface area contributed by atoms with E-state index in [1.165, 1.54) is 23.9 Å². The first-order valence-corrected chi connectivity index (χ1v) is 18.8. The molecule has 6 aliphatic rings. The minimum absolute atomic E-state index is 0.0383. The maximum Gasteiger partial charge on any atom is 0.306 e. The summed E-state index contributed by atoms with van der Waals surface area (Å²) in [5, 5.41) is 4.90. The van der Waals surface area contributed by atoms with Gasteiger partial charge in [-0.25, -0.2) is 9.80 Å². The average Bonchev–Trinajstić information content (AvgIpc) is 4.03. The highest BCUT2D eigenvalue weighted by Crippen LogP contribution is 2.54. The summed E-state index contributed by atoms with van der Waals surface area (Å²) in [5.41, 5.74) is 1.08. The van der Waals surface area contributed by atoms with Crippen LogP contribution in [0.25, 0.3) is 0 Å². The molecule has 56 heavy (non-hydrogen) atoms. The van der Waals surface area contributed by atoms with Gasteiger partial charge < -0.3 is 29.6 Å². The van der Waals surface area contributed by atoms with E-state index in [0.29, 0.717) is 11.4 Å². The van der Waals surface area contributed by atoms with Crippen molar-refractivity contribution in [2.45, 2.75) is 76.2 Å². The van der Waals surface area contributed by atoms with Gasteiger partial charge in [-0.2, -0.15) is 0 Å². The molecule has 6 aliphatic heterocycles. The van der Waals surface area contributed by atoms with Gasteiger partial charge in [-0.3, -0.25) is 38.4 Å². The van der Waals surface area contributed by atoms with Gasteiger partial charge in [0.15, 0.2) is 0 Å². The largest absolute Gasteiger partial charge is 0.459 e. The Morgan fingerprint density at radius 2 is 0.857 bits per heavy atom. The van der Waals surface area contributed by atoms with Crippen molar-refractivity contribution in [3.63, 3.8) is 0 Å². The van der Waals surface area contributed by atoms with E-state index in [2.05, 4.69) is 10.6 Å². The third-order valence-corrected chi connectivity index (χ3v) is 11.8. The summed E-state index contributed by atoms with van der Waals surface area (Å²) in [7, 11) is 3.00. The molecule has 6 saturated heterocycles. The lowest BCUT2D eigenvalue weighted by Gasteiger charge is -2.29. The van der Waals surface area contributed by atoms with Crippen LogP contribution < -0.4 is 20.4 Å². The molecule has 6 heterocycles. The van der Waals surface area contributed by atoms with E-state index >= 15 is 0 Å². The monoisotopic (exact) mass is 772 g/mol. The number of hydrogen-bond acceptors (Lipinski definition) is 12. The Kier molecular flexibility index (Phi) is 10.8. The topological polar surface area (TPSA) is 204 Å². The van der Waals surface area contributed by atoms with Crippen LogP contribution in [0.3, 0.4) is 0 Å². The summed E-state index contributed by atoms with van der Waals surface area (Å²) in [4.78, 5) is 101. The summed E-state index contributed by atoms with van der Waals surface area (Å²) < 4.78 is 22.9. The van der Waals surface area contributed by atoms with Crippen molar-refractivity contribution in [3.05, 3.63) is 60.7 Å². The number of nitrogens with one attached hydrogen (secondary N) is 2. The van der Waals surface area contributed by atoms with Gasteiger partial charge in [0, 0.05) is 38.8 Å². The number of amides is 6. The number of benzene rings is 2. The fraction of sp³-hybridized carbons (Fsp3) is 0.500. The smallest absolute Gasteiger partial charge is 0.306 e. The highest BCUT2D eigenvalue weighted by atomic mass is 16.6. The van der Waals surface area contributed by atoms with Gasteiger partial charge in [-0.05, 0) is 24.3 Å². The van der Waals surface area contributed by atoms with Crippen LogP contribution in [-0.2, 0) is 57.3 Å². The highest BCUT2D eigenvalue weighted by Gasteiger charge is 2.70. The number of hydrogen-bond donors (Lipinski definition) is 2.